The van der Waals surface area contributed by atoms with E-state index >= 15 is 0 Å². The lowest BCUT2D eigenvalue weighted by atomic mass is 9.83. The van der Waals surface area contributed by atoms with Crippen molar-refractivity contribution in [3.8, 4) is 0 Å². The van der Waals surface area contributed by atoms with Gasteiger partial charge in [0.15, 0.2) is 0 Å². The van der Waals surface area contributed by atoms with E-state index < -0.39 is 42.0 Å². The highest BCUT2D eigenvalue weighted by molar-refractivity contribution is 5.78. The first-order valence-electron chi connectivity index (χ1n) is 7.64. The van der Waals surface area contributed by atoms with Crippen LogP contribution in [0.3, 0.4) is 0 Å². The van der Waals surface area contributed by atoms with E-state index in [-0.39, 0.29) is 6.61 Å². The first kappa shape index (κ1) is 20.4. The summed E-state index contributed by atoms with van der Waals surface area (Å²) in [7, 11) is 1.15. The van der Waals surface area contributed by atoms with Crippen LogP contribution in [-0.4, -0.2) is 47.0 Å². The number of ether oxygens (including phenoxy) is 2. The molecule has 1 amide bonds. The van der Waals surface area contributed by atoms with E-state index in [1.807, 2.05) is 6.07 Å². The number of carbonyl (C=O) groups excluding carboxylic acids is 2. The minimum absolute atomic E-state index is 0.0160. The highest BCUT2D eigenvalue weighted by Crippen LogP contribution is 2.23. The molecule has 0 spiro atoms. The molecular formula is C17H23NO7. The summed E-state index contributed by atoms with van der Waals surface area (Å²) in [6.45, 7) is 2.55. The smallest absolute Gasteiger partial charge is 0.407 e. The maximum Gasteiger partial charge on any atom is 0.407 e. The van der Waals surface area contributed by atoms with Crippen molar-refractivity contribution in [1.29, 1.82) is 0 Å². The fourth-order valence-electron chi connectivity index (χ4n) is 2.40. The van der Waals surface area contributed by atoms with Crippen LogP contribution in [0.1, 0.15) is 25.8 Å². The van der Waals surface area contributed by atoms with Gasteiger partial charge in [-0.3, -0.25) is 9.59 Å². The zero-order valence-corrected chi connectivity index (χ0v) is 14.4. The molecule has 2 atom stereocenters. The molecule has 1 aromatic rings. The zero-order valence-electron chi connectivity index (χ0n) is 14.4. The molecule has 0 radical (unpaired) electrons. The van der Waals surface area contributed by atoms with Gasteiger partial charge < -0.3 is 25.0 Å². The van der Waals surface area contributed by atoms with E-state index in [0.29, 0.717) is 0 Å². The van der Waals surface area contributed by atoms with Gasteiger partial charge in [-0.2, -0.15) is 0 Å². The number of aliphatic carboxylic acids is 1. The summed E-state index contributed by atoms with van der Waals surface area (Å²) >= 11 is 0. The van der Waals surface area contributed by atoms with Crippen molar-refractivity contribution in [2.24, 2.45) is 5.92 Å². The number of methoxy groups -OCH3 is 1. The molecule has 0 saturated heterocycles. The SMILES string of the molecule is COC(=O)C[C@@H](NC(=O)OCc1ccccc1)[C@@H](C(=O)O)C(C)(C)O. The second kappa shape index (κ2) is 9.03. The monoisotopic (exact) mass is 353 g/mol. The molecule has 0 aliphatic rings. The van der Waals surface area contributed by atoms with Gasteiger partial charge in [0.1, 0.15) is 12.5 Å². The van der Waals surface area contributed by atoms with E-state index in [2.05, 4.69) is 10.1 Å². The third-order valence-corrected chi connectivity index (χ3v) is 3.56. The fraction of sp³-hybridized carbons (Fsp3) is 0.471. The largest absolute Gasteiger partial charge is 0.481 e. The third-order valence-electron chi connectivity index (χ3n) is 3.56. The van der Waals surface area contributed by atoms with E-state index in [0.717, 1.165) is 12.7 Å². The second-order valence-corrected chi connectivity index (χ2v) is 6.06. The van der Waals surface area contributed by atoms with Gasteiger partial charge in [0.2, 0.25) is 0 Å². The summed E-state index contributed by atoms with van der Waals surface area (Å²) < 4.78 is 9.57. The molecule has 1 aromatic carbocycles. The molecule has 8 nitrogen and oxygen atoms in total. The van der Waals surface area contributed by atoms with Crippen LogP contribution in [0.5, 0.6) is 0 Å². The van der Waals surface area contributed by atoms with Crippen LogP contribution < -0.4 is 5.32 Å². The first-order chi connectivity index (χ1) is 11.6. The summed E-state index contributed by atoms with van der Waals surface area (Å²) in [5.41, 5.74) is -0.934. The number of nitrogens with one attached hydrogen (secondary N) is 1. The van der Waals surface area contributed by atoms with E-state index in [1.165, 1.54) is 13.8 Å². The number of carboxylic acids is 1. The topological polar surface area (TPSA) is 122 Å². The Bertz CT molecular complexity index is 595. The van der Waals surface area contributed by atoms with Crippen LogP contribution >= 0.6 is 0 Å². The minimum Gasteiger partial charge on any atom is -0.481 e. The molecule has 1 rings (SSSR count). The summed E-state index contributed by atoms with van der Waals surface area (Å²) in [4.78, 5) is 35.1. The van der Waals surface area contributed by atoms with Crippen LogP contribution in [0.2, 0.25) is 0 Å². The zero-order chi connectivity index (χ0) is 19.0. The number of hydrogen-bond donors (Lipinski definition) is 3. The highest BCUT2D eigenvalue weighted by Gasteiger charge is 2.42. The maximum atomic E-state index is 12.0. The first-order valence-corrected chi connectivity index (χ1v) is 7.64. The standard InChI is InChI=1S/C17H23NO7/c1-17(2,23)14(15(20)21)12(9-13(19)24-3)18-16(22)25-10-11-7-5-4-6-8-11/h4-8,12,14,23H,9-10H2,1-3H3,(H,18,22)(H,20,21)/t12-,14+/m1/s1. The Morgan fingerprint density at radius 3 is 2.28 bits per heavy atom. The molecule has 0 heterocycles. The number of rotatable bonds is 8. The summed E-state index contributed by atoms with van der Waals surface area (Å²) in [6, 6.07) is 7.70. The molecule has 0 aliphatic heterocycles. The number of esters is 1. The van der Waals surface area contributed by atoms with Gasteiger partial charge in [0.25, 0.3) is 0 Å². The van der Waals surface area contributed by atoms with Gasteiger partial charge in [0, 0.05) is 0 Å². The van der Waals surface area contributed by atoms with Gasteiger partial charge in [-0.25, -0.2) is 4.79 Å². The normalized spacial score (nSPS) is 13.4. The lowest BCUT2D eigenvalue weighted by Gasteiger charge is -2.32. The molecule has 0 bridgehead atoms. The van der Waals surface area contributed by atoms with Crippen LogP contribution in [0.15, 0.2) is 30.3 Å². The Hall–Kier alpha value is -2.61. The Morgan fingerprint density at radius 2 is 1.80 bits per heavy atom. The summed E-state index contributed by atoms with van der Waals surface area (Å²) in [5.74, 6) is -3.51. The molecular weight excluding hydrogens is 330 g/mol. The molecule has 0 aromatic heterocycles. The number of aliphatic hydroxyl groups is 1. The van der Waals surface area contributed by atoms with Crippen LogP contribution in [0.25, 0.3) is 0 Å². The molecule has 138 valence electrons. The van der Waals surface area contributed by atoms with E-state index in [4.69, 9.17) is 4.74 Å². The molecule has 3 N–H and O–H groups in total. The average Bonchev–Trinajstić information content (AvgIpc) is 2.52. The van der Waals surface area contributed by atoms with Crippen molar-refractivity contribution in [1.82, 2.24) is 5.32 Å². The Balaban J connectivity index is 2.83. The van der Waals surface area contributed by atoms with Crippen LogP contribution in [0, 0.1) is 5.92 Å². The molecule has 25 heavy (non-hydrogen) atoms. The van der Waals surface area contributed by atoms with Crippen molar-refractivity contribution in [3.05, 3.63) is 35.9 Å². The Kier molecular flexibility index (Phi) is 7.38. The quantitative estimate of drug-likeness (QED) is 0.602. The van der Waals surface area contributed by atoms with Crippen molar-refractivity contribution in [2.45, 2.75) is 38.5 Å². The van der Waals surface area contributed by atoms with E-state index in [1.54, 1.807) is 24.3 Å². The number of amides is 1. The third kappa shape index (κ3) is 6.80. The van der Waals surface area contributed by atoms with Gasteiger partial charge in [-0.05, 0) is 19.4 Å². The predicted molar refractivity (Wildman–Crippen MR) is 87.6 cm³/mol. The van der Waals surface area contributed by atoms with Gasteiger partial charge in [-0.15, -0.1) is 0 Å². The van der Waals surface area contributed by atoms with Gasteiger partial charge in [-0.1, -0.05) is 30.3 Å². The average molecular weight is 353 g/mol. The second-order valence-electron chi connectivity index (χ2n) is 6.06. The van der Waals surface area contributed by atoms with Crippen LogP contribution in [0.4, 0.5) is 4.79 Å². The number of hydrogen-bond acceptors (Lipinski definition) is 6. The maximum absolute atomic E-state index is 12.0. The fourth-order valence-corrected chi connectivity index (χ4v) is 2.40. The summed E-state index contributed by atoms with van der Waals surface area (Å²) in [6.07, 6.45) is -1.31. The number of carbonyl (C=O) groups is 3. The molecule has 0 aliphatic carbocycles. The van der Waals surface area contributed by atoms with Crippen molar-refractivity contribution in [3.63, 3.8) is 0 Å². The number of benzene rings is 1. The minimum atomic E-state index is -1.68. The lowest BCUT2D eigenvalue weighted by molar-refractivity contribution is -0.153. The number of carboxylic acid groups (broad SMARTS) is 1. The molecule has 8 heteroatoms. The molecule has 0 saturated carbocycles. The van der Waals surface area contributed by atoms with Gasteiger partial charge >= 0.3 is 18.0 Å². The molecule has 0 unspecified atom stereocenters. The van der Waals surface area contributed by atoms with Crippen molar-refractivity contribution < 1.29 is 34.1 Å². The Labute approximate surface area is 145 Å². The van der Waals surface area contributed by atoms with E-state index in [9.17, 15) is 24.6 Å². The van der Waals surface area contributed by atoms with Crippen molar-refractivity contribution in [2.75, 3.05) is 7.11 Å². The van der Waals surface area contributed by atoms with Crippen LogP contribution in [-0.2, 0) is 25.7 Å². The van der Waals surface area contributed by atoms with Crippen molar-refractivity contribution >= 4 is 18.0 Å². The Morgan fingerprint density at radius 1 is 1.20 bits per heavy atom. The molecule has 0 fully saturated rings. The predicted octanol–water partition coefficient (Wildman–Crippen LogP) is 1.32. The van der Waals surface area contributed by atoms with Gasteiger partial charge in [0.05, 0.1) is 25.2 Å². The summed E-state index contributed by atoms with van der Waals surface area (Å²) in [5, 5.41) is 21.8. The lowest BCUT2D eigenvalue weighted by Crippen LogP contribution is -2.53. The highest BCUT2D eigenvalue weighted by atomic mass is 16.5. The number of alkyl carbamates (subject to hydrolysis) is 1.